The molecule has 2 aromatic rings. The van der Waals surface area contributed by atoms with E-state index in [-0.39, 0.29) is 30.1 Å². The van der Waals surface area contributed by atoms with Crippen molar-refractivity contribution in [1.82, 2.24) is 10.7 Å². The van der Waals surface area contributed by atoms with Crippen molar-refractivity contribution in [2.24, 2.45) is 5.10 Å². The van der Waals surface area contributed by atoms with Gasteiger partial charge in [0.1, 0.15) is 0 Å². The van der Waals surface area contributed by atoms with Crippen LogP contribution in [0, 0.1) is 10.1 Å². The van der Waals surface area contributed by atoms with Crippen molar-refractivity contribution in [2.45, 2.75) is 12.8 Å². The van der Waals surface area contributed by atoms with Crippen LogP contribution in [0.15, 0.2) is 47.6 Å². The lowest BCUT2D eigenvalue weighted by atomic mass is 10.2. The second-order valence-electron chi connectivity index (χ2n) is 6.07. The molecule has 0 aromatic heterocycles. The van der Waals surface area contributed by atoms with Crippen molar-refractivity contribution in [3.05, 3.63) is 63.7 Å². The number of nitro benzene ring substituents is 1. The Labute approximate surface area is 173 Å². The first-order valence-corrected chi connectivity index (χ1v) is 9.01. The molecule has 0 fully saturated rings. The van der Waals surface area contributed by atoms with Crippen LogP contribution < -0.4 is 20.2 Å². The zero-order valence-electron chi connectivity index (χ0n) is 16.6. The van der Waals surface area contributed by atoms with Gasteiger partial charge in [0.05, 0.1) is 25.4 Å². The molecule has 0 aliphatic rings. The molecule has 0 spiro atoms. The number of benzene rings is 2. The van der Waals surface area contributed by atoms with Gasteiger partial charge < -0.3 is 14.8 Å². The van der Waals surface area contributed by atoms with Gasteiger partial charge in [0, 0.05) is 30.7 Å². The molecule has 2 aromatic carbocycles. The molecule has 2 N–H and O–H groups in total. The fourth-order valence-electron chi connectivity index (χ4n) is 2.48. The van der Waals surface area contributed by atoms with Crippen molar-refractivity contribution in [3.63, 3.8) is 0 Å². The summed E-state index contributed by atoms with van der Waals surface area (Å²) in [7, 11) is 3.07. The van der Waals surface area contributed by atoms with E-state index in [0.29, 0.717) is 17.9 Å². The van der Waals surface area contributed by atoms with Crippen LogP contribution in [-0.4, -0.2) is 43.7 Å². The average molecular weight is 414 g/mol. The molecule has 0 atom stereocenters. The molecule has 158 valence electrons. The van der Waals surface area contributed by atoms with Gasteiger partial charge in [-0.15, -0.1) is 0 Å². The van der Waals surface area contributed by atoms with Crippen LogP contribution in [0.4, 0.5) is 5.69 Å². The lowest BCUT2D eigenvalue weighted by Gasteiger charge is -2.07. The van der Waals surface area contributed by atoms with Crippen LogP contribution in [-0.2, 0) is 4.79 Å². The molecule has 10 nitrogen and oxygen atoms in total. The Morgan fingerprint density at radius 3 is 2.60 bits per heavy atom. The molecule has 0 heterocycles. The van der Waals surface area contributed by atoms with Crippen molar-refractivity contribution in [2.75, 3.05) is 20.8 Å². The highest BCUT2D eigenvalue weighted by atomic mass is 16.6. The monoisotopic (exact) mass is 414 g/mol. The minimum atomic E-state index is -0.566. The van der Waals surface area contributed by atoms with Crippen LogP contribution >= 0.6 is 0 Å². The van der Waals surface area contributed by atoms with E-state index in [0.717, 1.165) is 5.56 Å². The summed E-state index contributed by atoms with van der Waals surface area (Å²) in [6.45, 7) is 0.244. The standard InChI is InChI=1S/C20H22N4O6/c1-29-17-9-8-14(11-18(17)30-2)13-22-23-19(25)7-4-10-21-20(26)15-5-3-6-16(12-15)24(27)28/h3,5-6,8-9,11-13H,4,7,10H2,1-2H3,(H,21,26)(H,23,25)/b22-13+. The van der Waals surface area contributed by atoms with Gasteiger partial charge in [0.15, 0.2) is 11.5 Å². The molecule has 10 heteroatoms. The number of ether oxygens (including phenoxy) is 2. The number of hydrazone groups is 1. The predicted molar refractivity (Wildman–Crippen MR) is 110 cm³/mol. The number of amides is 2. The topological polar surface area (TPSA) is 132 Å². The second kappa shape index (κ2) is 11.1. The van der Waals surface area contributed by atoms with Gasteiger partial charge >= 0.3 is 0 Å². The number of nitro groups is 1. The van der Waals surface area contributed by atoms with Gasteiger partial charge in [-0.05, 0) is 36.2 Å². The molecular weight excluding hydrogens is 392 g/mol. The SMILES string of the molecule is COc1ccc(/C=N/NC(=O)CCCNC(=O)c2cccc([N+](=O)[O-])c2)cc1OC. The third-order valence-electron chi connectivity index (χ3n) is 4.00. The molecule has 2 rings (SSSR count). The third-order valence-corrected chi connectivity index (χ3v) is 4.00. The van der Waals surface area contributed by atoms with Crippen molar-refractivity contribution in [1.29, 1.82) is 0 Å². The largest absolute Gasteiger partial charge is 0.493 e. The summed E-state index contributed by atoms with van der Waals surface area (Å²) in [5, 5.41) is 17.3. The molecule has 0 unspecified atom stereocenters. The van der Waals surface area contributed by atoms with E-state index in [1.807, 2.05) is 0 Å². The molecule has 0 aliphatic carbocycles. The fraction of sp³-hybridized carbons (Fsp3) is 0.250. The Morgan fingerprint density at radius 2 is 1.90 bits per heavy atom. The normalized spacial score (nSPS) is 10.5. The molecule has 2 amide bonds. The number of nitrogens with one attached hydrogen (secondary N) is 2. The third kappa shape index (κ3) is 6.59. The molecular formula is C20H22N4O6. The first-order chi connectivity index (χ1) is 14.4. The Balaban J connectivity index is 1.73. The zero-order valence-corrected chi connectivity index (χ0v) is 16.6. The summed E-state index contributed by atoms with van der Waals surface area (Å²) < 4.78 is 10.3. The first-order valence-electron chi connectivity index (χ1n) is 9.01. The Hall–Kier alpha value is -3.95. The van der Waals surface area contributed by atoms with Crippen LogP contribution in [0.3, 0.4) is 0 Å². The van der Waals surface area contributed by atoms with E-state index in [1.54, 1.807) is 18.2 Å². The van der Waals surface area contributed by atoms with E-state index in [1.165, 1.54) is 44.7 Å². The average Bonchev–Trinajstić information content (AvgIpc) is 2.76. The van der Waals surface area contributed by atoms with Gasteiger partial charge in [-0.3, -0.25) is 19.7 Å². The van der Waals surface area contributed by atoms with Crippen molar-refractivity contribution in [3.8, 4) is 11.5 Å². The van der Waals surface area contributed by atoms with Gasteiger partial charge in [0.2, 0.25) is 5.91 Å². The Bertz CT molecular complexity index is 945. The number of rotatable bonds is 10. The van der Waals surface area contributed by atoms with Gasteiger partial charge in [0.25, 0.3) is 11.6 Å². The Kier molecular flexibility index (Phi) is 8.30. The molecule has 0 saturated heterocycles. The predicted octanol–water partition coefficient (Wildman–Crippen LogP) is 2.27. The van der Waals surface area contributed by atoms with Crippen LogP contribution in [0.5, 0.6) is 11.5 Å². The zero-order chi connectivity index (χ0) is 21.9. The summed E-state index contributed by atoms with van der Waals surface area (Å²) in [6, 6.07) is 10.6. The smallest absolute Gasteiger partial charge is 0.270 e. The lowest BCUT2D eigenvalue weighted by Crippen LogP contribution is -2.26. The maximum atomic E-state index is 12.0. The molecule has 30 heavy (non-hydrogen) atoms. The maximum Gasteiger partial charge on any atom is 0.270 e. The number of hydrogen-bond acceptors (Lipinski definition) is 7. The Morgan fingerprint density at radius 1 is 1.13 bits per heavy atom. The fourth-order valence-corrected chi connectivity index (χ4v) is 2.48. The van der Waals surface area contributed by atoms with Gasteiger partial charge in [-0.2, -0.15) is 5.10 Å². The summed E-state index contributed by atoms with van der Waals surface area (Å²) >= 11 is 0. The molecule has 0 saturated carbocycles. The summed E-state index contributed by atoms with van der Waals surface area (Å²) in [6.07, 6.45) is 2.01. The summed E-state index contributed by atoms with van der Waals surface area (Å²) in [4.78, 5) is 34.0. The quantitative estimate of drug-likeness (QED) is 0.265. The number of non-ortho nitro benzene ring substituents is 1. The van der Waals surface area contributed by atoms with Gasteiger partial charge in [-0.25, -0.2) is 5.43 Å². The van der Waals surface area contributed by atoms with Crippen molar-refractivity contribution < 1.29 is 24.0 Å². The van der Waals surface area contributed by atoms with E-state index >= 15 is 0 Å². The highest BCUT2D eigenvalue weighted by Crippen LogP contribution is 2.26. The molecule has 0 radical (unpaired) electrons. The second-order valence-corrected chi connectivity index (χ2v) is 6.07. The summed E-state index contributed by atoms with van der Waals surface area (Å²) in [5.41, 5.74) is 3.16. The van der Waals surface area contributed by atoms with Crippen LogP contribution in [0.2, 0.25) is 0 Å². The highest BCUT2D eigenvalue weighted by Gasteiger charge is 2.11. The molecule has 0 bridgehead atoms. The summed E-state index contributed by atoms with van der Waals surface area (Å²) in [5.74, 6) is 0.389. The first kappa shape index (κ1) is 22.3. The van der Waals surface area contributed by atoms with E-state index < -0.39 is 10.8 Å². The number of carbonyl (C=O) groups excluding carboxylic acids is 2. The minimum absolute atomic E-state index is 0.151. The van der Waals surface area contributed by atoms with Gasteiger partial charge in [-0.1, -0.05) is 6.07 Å². The van der Waals surface area contributed by atoms with E-state index in [4.69, 9.17) is 9.47 Å². The maximum absolute atomic E-state index is 12.0. The number of methoxy groups -OCH3 is 2. The number of nitrogens with zero attached hydrogens (tertiary/aromatic N) is 2. The molecule has 0 aliphatic heterocycles. The lowest BCUT2D eigenvalue weighted by molar-refractivity contribution is -0.384. The van der Waals surface area contributed by atoms with Crippen LogP contribution in [0.1, 0.15) is 28.8 Å². The van der Waals surface area contributed by atoms with E-state index in [2.05, 4.69) is 15.8 Å². The van der Waals surface area contributed by atoms with Crippen molar-refractivity contribution >= 4 is 23.7 Å². The number of hydrogen-bond donors (Lipinski definition) is 2. The minimum Gasteiger partial charge on any atom is -0.493 e. The van der Waals surface area contributed by atoms with Crippen LogP contribution in [0.25, 0.3) is 0 Å². The van der Waals surface area contributed by atoms with E-state index in [9.17, 15) is 19.7 Å². The highest BCUT2D eigenvalue weighted by molar-refractivity contribution is 5.94. The number of carbonyl (C=O) groups is 2.